The van der Waals surface area contributed by atoms with Crippen molar-refractivity contribution in [3.63, 3.8) is 0 Å². The van der Waals surface area contributed by atoms with Gasteiger partial charge >= 0.3 is 5.97 Å². The first-order chi connectivity index (χ1) is 10.6. The summed E-state index contributed by atoms with van der Waals surface area (Å²) in [5.74, 6) is -0.342. The molecule has 2 aliphatic heterocycles. The molecule has 120 valence electrons. The lowest BCUT2D eigenvalue weighted by atomic mass is 9.93. The second-order valence-electron chi connectivity index (χ2n) is 6.01. The summed E-state index contributed by atoms with van der Waals surface area (Å²) in [6, 6.07) is 8.88. The van der Waals surface area contributed by atoms with Crippen molar-refractivity contribution in [3.05, 3.63) is 35.9 Å². The number of nitrogens with zero attached hydrogens (tertiary/aromatic N) is 1. The van der Waals surface area contributed by atoms with Crippen molar-refractivity contribution in [1.29, 1.82) is 0 Å². The highest BCUT2D eigenvalue weighted by Crippen LogP contribution is 2.30. The Kier molecular flexibility index (Phi) is 4.44. The highest BCUT2D eigenvalue weighted by Gasteiger charge is 2.49. The Bertz CT molecular complexity index is 523. The summed E-state index contributed by atoms with van der Waals surface area (Å²) in [6.45, 7) is 0.921. The first kappa shape index (κ1) is 15.4. The molecule has 4 unspecified atom stereocenters. The smallest absolute Gasteiger partial charge is 0.310 e. The summed E-state index contributed by atoms with van der Waals surface area (Å²) in [5, 5.41) is 29.7. The van der Waals surface area contributed by atoms with Gasteiger partial charge < -0.3 is 20.1 Å². The van der Waals surface area contributed by atoms with E-state index in [-0.39, 0.29) is 18.9 Å². The van der Waals surface area contributed by atoms with Crippen molar-refractivity contribution in [2.45, 2.75) is 43.3 Å². The number of piperidine rings is 1. The third-order valence-electron chi connectivity index (χ3n) is 4.49. The van der Waals surface area contributed by atoms with Gasteiger partial charge in [-0.3, -0.25) is 9.69 Å². The molecular weight excluding hydrogens is 286 g/mol. The minimum Gasteiger partial charge on any atom is -0.460 e. The minimum absolute atomic E-state index is 0.186. The molecule has 1 aromatic rings. The summed E-state index contributed by atoms with van der Waals surface area (Å²) >= 11 is 0. The fourth-order valence-electron chi connectivity index (χ4n) is 3.38. The molecule has 6 nitrogen and oxygen atoms in total. The van der Waals surface area contributed by atoms with E-state index >= 15 is 0 Å². The van der Waals surface area contributed by atoms with Gasteiger partial charge in [0.2, 0.25) is 0 Å². The van der Waals surface area contributed by atoms with E-state index < -0.39 is 30.5 Å². The van der Waals surface area contributed by atoms with E-state index in [0.717, 1.165) is 5.56 Å². The zero-order valence-electron chi connectivity index (χ0n) is 12.2. The summed E-state index contributed by atoms with van der Waals surface area (Å²) in [7, 11) is 0. The fourth-order valence-corrected chi connectivity index (χ4v) is 3.38. The lowest BCUT2D eigenvalue weighted by Crippen LogP contribution is -2.61. The molecule has 0 amide bonds. The number of carbonyl (C=O) groups is 1. The molecule has 1 aromatic carbocycles. The first-order valence-corrected chi connectivity index (χ1v) is 7.58. The molecule has 0 aliphatic carbocycles. The van der Waals surface area contributed by atoms with E-state index in [0.29, 0.717) is 13.0 Å². The van der Waals surface area contributed by atoms with Gasteiger partial charge in [-0.15, -0.1) is 0 Å². The number of esters is 1. The number of rotatable bonds is 3. The van der Waals surface area contributed by atoms with Crippen LogP contribution >= 0.6 is 0 Å². The van der Waals surface area contributed by atoms with Crippen LogP contribution in [0.2, 0.25) is 0 Å². The van der Waals surface area contributed by atoms with Gasteiger partial charge in [-0.2, -0.15) is 0 Å². The van der Waals surface area contributed by atoms with Crippen LogP contribution in [0.1, 0.15) is 12.0 Å². The second-order valence-corrected chi connectivity index (χ2v) is 6.01. The Labute approximate surface area is 128 Å². The van der Waals surface area contributed by atoms with Crippen LogP contribution in [0.25, 0.3) is 0 Å². The zero-order chi connectivity index (χ0) is 15.7. The molecular formula is C16H21NO5. The van der Waals surface area contributed by atoms with E-state index in [4.69, 9.17) is 4.74 Å². The molecule has 2 fully saturated rings. The van der Waals surface area contributed by atoms with Gasteiger partial charge in [0.05, 0.1) is 18.6 Å². The van der Waals surface area contributed by atoms with Crippen molar-refractivity contribution < 1.29 is 24.9 Å². The molecule has 3 rings (SSSR count). The number of fused-ring (bicyclic) bond motifs is 1. The van der Waals surface area contributed by atoms with Crippen molar-refractivity contribution in [2.24, 2.45) is 0 Å². The van der Waals surface area contributed by atoms with Crippen LogP contribution in [-0.2, 0) is 16.0 Å². The second kappa shape index (κ2) is 6.34. The third kappa shape index (κ3) is 3.01. The number of ether oxygens (including phenoxy) is 1. The van der Waals surface area contributed by atoms with Gasteiger partial charge in [0.15, 0.2) is 0 Å². The van der Waals surface area contributed by atoms with Gasteiger partial charge in [-0.1, -0.05) is 30.3 Å². The van der Waals surface area contributed by atoms with Crippen molar-refractivity contribution in [1.82, 2.24) is 4.90 Å². The maximum absolute atomic E-state index is 12.1. The predicted octanol–water partition coefficient (Wildman–Crippen LogP) is -0.689. The summed E-state index contributed by atoms with van der Waals surface area (Å²) in [5.41, 5.74) is 0.877. The van der Waals surface area contributed by atoms with Crippen LogP contribution < -0.4 is 0 Å². The average molecular weight is 307 g/mol. The molecule has 22 heavy (non-hydrogen) atoms. The molecule has 3 N–H and O–H groups in total. The largest absolute Gasteiger partial charge is 0.460 e. The standard InChI is InChI=1S/C16H21NO5/c18-11-9-17-7-6-12(14(17)16(21)15(11)20)22-13(19)8-10-4-2-1-3-5-10/h1-5,11-12,14-16,18,20-21H,6-9H2/t11?,12-,14?,15?,16?/m0/s1. The molecule has 2 saturated heterocycles. The van der Waals surface area contributed by atoms with Crippen LogP contribution in [0.5, 0.6) is 0 Å². The SMILES string of the molecule is O=C(Cc1ccccc1)O[C@H]1CCN2CC(O)C(O)C(O)C12. The van der Waals surface area contributed by atoms with Gasteiger partial charge in [0.25, 0.3) is 0 Å². The number of benzene rings is 1. The number of carbonyl (C=O) groups excluding carboxylic acids is 1. The monoisotopic (exact) mass is 307 g/mol. The zero-order valence-corrected chi connectivity index (χ0v) is 12.2. The summed E-state index contributed by atoms with van der Waals surface area (Å²) < 4.78 is 5.51. The summed E-state index contributed by atoms with van der Waals surface area (Å²) in [6.07, 6.45) is -2.94. The lowest BCUT2D eigenvalue weighted by molar-refractivity contribution is -0.164. The van der Waals surface area contributed by atoms with Crippen LogP contribution in [-0.4, -0.2) is 69.7 Å². The van der Waals surface area contributed by atoms with E-state index in [1.165, 1.54) is 0 Å². The minimum atomic E-state index is -1.20. The molecule has 0 spiro atoms. The van der Waals surface area contributed by atoms with Crippen LogP contribution in [0, 0.1) is 0 Å². The number of aliphatic hydroxyl groups excluding tert-OH is 3. The van der Waals surface area contributed by atoms with Crippen LogP contribution in [0.4, 0.5) is 0 Å². The third-order valence-corrected chi connectivity index (χ3v) is 4.49. The predicted molar refractivity (Wildman–Crippen MR) is 78.0 cm³/mol. The van der Waals surface area contributed by atoms with Gasteiger partial charge in [-0.25, -0.2) is 0 Å². The Morgan fingerprint density at radius 2 is 1.91 bits per heavy atom. The quantitative estimate of drug-likeness (QED) is 0.641. The van der Waals surface area contributed by atoms with Gasteiger partial charge in [0.1, 0.15) is 18.3 Å². The maximum atomic E-state index is 12.1. The Balaban J connectivity index is 1.62. The lowest BCUT2D eigenvalue weighted by Gasteiger charge is -2.41. The number of hydrogen-bond donors (Lipinski definition) is 3. The van der Waals surface area contributed by atoms with E-state index in [1.807, 2.05) is 35.2 Å². The molecule has 0 saturated carbocycles. The van der Waals surface area contributed by atoms with Crippen molar-refractivity contribution >= 4 is 5.97 Å². The molecule has 0 radical (unpaired) electrons. The topological polar surface area (TPSA) is 90.2 Å². The highest BCUT2D eigenvalue weighted by atomic mass is 16.5. The molecule has 5 atom stereocenters. The van der Waals surface area contributed by atoms with E-state index in [1.54, 1.807) is 0 Å². The van der Waals surface area contributed by atoms with Crippen molar-refractivity contribution in [2.75, 3.05) is 13.1 Å². The molecule has 0 bridgehead atoms. The number of hydrogen-bond acceptors (Lipinski definition) is 6. The van der Waals surface area contributed by atoms with Gasteiger partial charge in [-0.05, 0) is 12.0 Å². The number of aliphatic hydroxyl groups is 3. The fraction of sp³-hybridized carbons (Fsp3) is 0.562. The summed E-state index contributed by atoms with van der Waals surface area (Å²) in [4.78, 5) is 13.9. The first-order valence-electron chi connectivity index (χ1n) is 7.58. The van der Waals surface area contributed by atoms with Gasteiger partial charge in [0, 0.05) is 13.1 Å². The van der Waals surface area contributed by atoms with Crippen molar-refractivity contribution in [3.8, 4) is 0 Å². The van der Waals surface area contributed by atoms with Crippen LogP contribution in [0.3, 0.4) is 0 Å². The van der Waals surface area contributed by atoms with E-state index in [2.05, 4.69) is 0 Å². The Morgan fingerprint density at radius 3 is 2.64 bits per heavy atom. The Morgan fingerprint density at radius 1 is 1.18 bits per heavy atom. The highest BCUT2D eigenvalue weighted by molar-refractivity contribution is 5.72. The molecule has 6 heteroatoms. The molecule has 0 aromatic heterocycles. The Hall–Kier alpha value is -1.47. The molecule has 2 heterocycles. The maximum Gasteiger partial charge on any atom is 0.310 e. The molecule has 2 aliphatic rings. The van der Waals surface area contributed by atoms with Crippen LogP contribution in [0.15, 0.2) is 30.3 Å². The van der Waals surface area contributed by atoms with E-state index in [9.17, 15) is 20.1 Å². The average Bonchev–Trinajstić information content (AvgIpc) is 2.88. The normalized spacial score (nSPS) is 35.1.